The number of para-hydroxylation sites is 1. The van der Waals surface area contributed by atoms with Crippen LogP contribution in [0.15, 0.2) is 83.9 Å². The van der Waals surface area contributed by atoms with E-state index in [1.807, 2.05) is 5.48 Å². The second-order valence-corrected chi connectivity index (χ2v) is 9.64. The van der Waals surface area contributed by atoms with Gasteiger partial charge in [0, 0.05) is 22.2 Å². The fourth-order valence-corrected chi connectivity index (χ4v) is 5.11. The molecule has 0 saturated heterocycles. The molecular formula is C23H16Cl2N2O6S. The average molecular weight is 519 g/mol. The molecule has 0 bridgehead atoms. The zero-order valence-electron chi connectivity index (χ0n) is 17.3. The molecule has 11 heteroatoms. The van der Waals surface area contributed by atoms with Crippen molar-refractivity contribution in [3.63, 3.8) is 0 Å². The molecule has 1 N–H and O–H groups in total. The summed E-state index contributed by atoms with van der Waals surface area (Å²) in [6.07, 6.45) is 0.334. The normalized spacial score (nSPS) is 11.2. The van der Waals surface area contributed by atoms with Crippen molar-refractivity contribution < 1.29 is 27.6 Å². The van der Waals surface area contributed by atoms with Crippen LogP contribution in [0.1, 0.15) is 15.9 Å². The van der Waals surface area contributed by atoms with Gasteiger partial charge in [-0.1, -0.05) is 59.6 Å². The van der Waals surface area contributed by atoms with Gasteiger partial charge in [0.25, 0.3) is 10.0 Å². The molecule has 1 amide bonds. The van der Waals surface area contributed by atoms with Gasteiger partial charge < -0.3 is 9.57 Å². The van der Waals surface area contributed by atoms with Crippen LogP contribution in [0, 0.1) is 0 Å². The number of benzene rings is 3. The lowest BCUT2D eigenvalue weighted by atomic mass is 10.2. The number of nitrogens with zero attached hydrogens (tertiary/aromatic N) is 1. The Balaban J connectivity index is 1.48. The number of ether oxygens (including phenoxy) is 1. The number of nitrogens with one attached hydrogen (secondary N) is 1. The van der Waals surface area contributed by atoms with Crippen LogP contribution in [-0.4, -0.2) is 24.5 Å². The van der Waals surface area contributed by atoms with E-state index in [-0.39, 0.29) is 22.1 Å². The zero-order chi connectivity index (χ0) is 24.3. The molecule has 4 rings (SSSR count). The van der Waals surface area contributed by atoms with E-state index in [0.29, 0.717) is 21.5 Å². The van der Waals surface area contributed by atoms with E-state index in [9.17, 15) is 18.0 Å². The lowest BCUT2D eigenvalue weighted by molar-refractivity contribution is 0.0198. The number of fused-ring (bicyclic) bond motifs is 1. The van der Waals surface area contributed by atoms with E-state index >= 15 is 0 Å². The van der Waals surface area contributed by atoms with Crippen LogP contribution < -0.4 is 5.48 Å². The van der Waals surface area contributed by atoms with Crippen LogP contribution in [0.2, 0.25) is 10.0 Å². The number of halogens is 2. The third-order valence-electron chi connectivity index (χ3n) is 4.80. The number of aromatic nitrogens is 1. The Morgan fingerprint density at radius 1 is 0.941 bits per heavy atom. The van der Waals surface area contributed by atoms with Crippen LogP contribution in [0.4, 0.5) is 4.79 Å². The van der Waals surface area contributed by atoms with Crippen molar-refractivity contribution in [2.24, 2.45) is 0 Å². The Morgan fingerprint density at radius 3 is 2.38 bits per heavy atom. The number of hydrogen-bond acceptors (Lipinski definition) is 6. The maximum Gasteiger partial charge on any atom is 0.441 e. The standard InChI is InChI=1S/C23H16Cl2N2O6S/c24-16-10-11-19(20(25)12-16)22(28)33-26-23(29)32-14-15-13-27(21-9-5-4-8-18(15)21)34(30,31)17-6-2-1-3-7-17/h1-13H,14H2,(H,26,29). The van der Waals surface area contributed by atoms with E-state index in [4.69, 9.17) is 32.8 Å². The SMILES string of the molecule is O=C(NOC(=O)c1ccc(Cl)cc1Cl)OCc1cn(S(=O)(=O)c2ccccc2)c2ccccc12. The van der Waals surface area contributed by atoms with E-state index in [2.05, 4.69) is 0 Å². The monoisotopic (exact) mass is 518 g/mol. The maximum absolute atomic E-state index is 13.1. The molecule has 0 spiro atoms. The first kappa shape index (κ1) is 23.6. The molecule has 1 aromatic heterocycles. The lowest BCUT2D eigenvalue weighted by Crippen LogP contribution is -2.27. The molecule has 0 radical (unpaired) electrons. The highest BCUT2D eigenvalue weighted by Gasteiger charge is 2.21. The van der Waals surface area contributed by atoms with E-state index in [1.165, 1.54) is 36.5 Å². The molecule has 34 heavy (non-hydrogen) atoms. The average Bonchev–Trinajstić information content (AvgIpc) is 3.21. The van der Waals surface area contributed by atoms with E-state index in [1.54, 1.807) is 42.5 Å². The molecule has 0 unspecified atom stereocenters. The van der Waals surface area contributed by atoms with Crippen molar-refractivity contribution in [3.05, 3.63) is 100 Å². The van der Waals surface area contributed by atoms with Crippen molar-refractivity contribution >= 4 is 56.2 Å². The van der Waals surface area contributed by atoms with Gasteiger partial charge >= 0.3 is 12.1 Å². The van der Waals surface area contributed by atoms with Gasteiger partial charge in [-0.2, -0.15) is 0 Å². The predicted molar refractivity (Wildman–Crippen MR) is 126 cm³/mol. The molecule has 3 aromatic carbocycles. The van der Waals surface area contributed by atoms with Crippen LogP contribution in [-0.2, 0) is 26.2 Å². The van der Waals surface area contributed by atoms with Gasteiger partial charge in [0.15, 0.2) is 0 Å². The van der Waals surface area contributed by atoms with Gasteiger partial charge in [0.1, 0.15) is 6.61 Å². The molecule has 0 aliphatic rings. The first-order valence-corrected chi connectivity index (χ1v) is 12.0. The molecule has 1 heterocycles. The predicted octanol–water partition coefficient (Wildman–Crippen LogP) is 5.18. The molecule has 0 aliphatic heterocycles. The summed E-state index contributed by atoms with van der Waals surface area (Å²) >= 11 is 11.7. The number of rotatable bonds is 5. The minimum absolute atomic E-state index is 0.000515. The second kappa shape index (κ2) is 9.76. The van der Waals surface area contributed by atoms with Crippen molar-refractivity contribution in [3.8, 4) is 0 Å². The maximum atomic E-state index is 13.1. The minimum atomic E-state index is -3.87. The van der Waals surface area contributed by atoms with Crippen molar-refractivity contribution in [1.82, 2.24) is 9.45 Å². The first-order chi connectivity index (χ1) is 16.3. The molecule has 0 aliphatic carbocycles. The number of hydroxylamine groups is 1. The smallest absolute Gasteiger partial charge is 0.441 e. The Bertz CT molecular complexity index is 1490. The summed E-state index contributed by atoms with van der Waals surface area (Å²) in [6, 6.07) is 18.9. The topological polar surface area (TPSA) is 104 Å². The van der Waals surface area contributed by atoms with Gasteiger partial charge in [0.2, 0.25) is 0 Å². The van der Waals surface area contributed by atoms with E-state index < -0.39 is 22.1 Å². The number of hydrogen-bond donors (Lipinski definition) is 1. The van der Waals surface area contributed by atoms with Crippen LogP contribution >= 0.6 is 23.2 Å². The third-order valence-corrected chi connectivity index (χ3v) is 7.03. The van der Waals surface area contributed by atoms with Gasteiger partial charge in [-0.15, -0.1) is 5.48 Å². The number of carbonyl (C=O) groups is 2. The Morgan fingerprint density at radius 2 is 1.65 bits per heavy atom. The molecule has 0 saturated carbocycles. The molecule has 174 valence electrons. The van der Waals surface area contributed by atoms with E-state index in [0.717, 1.165) is 3.97 Å². The summed E-state index contributed by atoms with van der Waals surface area (Å²) in [5, 5.41) is 0.974. The number of amides is 1. The van der Waals surface area contributed by atoms with Gasteiger partial charge in [-0.3, -0.25) is 0 Å². The molecule has 0 fully saturated rings. The highest BCUT2D eigenvalue weighted by Crippen LogP contribution is 2.26. The Hall–Kier alpha value is -3.53. The molecular weight excluding hydrogens is 503 g/mol. The largest absolute Gasteiger partial charge is 0.443 e. The molecule has 4 aromatic rings. The van der Waals surface area contributed by atoms with Crippen LogP contribution in [0.3, 0.4) is 0 Å². The first-order valence-electron chi connectivity index (χ1n) is 9.76. The van der Waals surface area contributed by atoms with Crippen molar-refractivity contribution in [2.75, 3.05) is 0 Å². The second-order valence-electron chi connectivity index (χ2n) is 6.98. The van der Waals surface area contributed by atoms with Gasteiger partial charge in [-0.05, 0) is 36.4 Å². The van der Waals surface area contributed by atoms with Crippen LogP contribution in [0.5, 0.6) is 0 Å². The Labute approximate surface area is 204 Å². The van der Waals surface area contributed by atoms with Gasteiger partial charge in [0.05, 0.1) is 21.0 Å². The zero-order valence-corrected chi connectivity index (χ0v) is 19.6. The summed E-state index contributed by atoms with van der Waals surface area (Å²) in [7, 11) is -3.87. The molecule has 8 nitrogen and oxygen atoms in total. The fraction of sp³-hybridized carbons (Fsp3) is 0.0435. The third kappa shape index (κ3) is 4.86. The van der Waals surface area contributed by atoms with Crippen molar-refractivity contribution in [1.29, 1.82) is 0 Å². The minimum Gasteiger partial charge on any atom is -0.443 e. The summed E-state index contributed by atoms with van der Waals surface area (Å²) in [5.41, 5.74) is 2.74. The highest BCUT2D eigenvalue weighted by molar-refractivity contribution is 7.90. The summed E-state index contributed by atoms with van der Waals surface area (Å²) in [6.45, 7) is -0.275. The summed E-state index contributed by atoms with van der Waals surface area (Å²) in [5.74, 6) is -0.913. The molecule has 0 atom stereocenters. The van der Waals surface area contributed by atoms with Crippen molar-refractivity contribution in [2.45, 2.75) is 11.5 Å². The summed E-state index contributed by atoms with van der Waals surface area (Å²) < 4.78 is 32.5. The summed E-state index contributed by atoms with van der Waals surface area (Å²) in [4.78, 5) is 29.0. The van der Waals surface area contributed by atoms with Crippen LogP contribution in [0.25, 0.3) is 10.9 Å². The fourth-order valence-electron chi connectivity index (χ4n) is 3.21. The number of carbonyl (C=O) groups excluding carboxylic acids is 2. The highest BCUT2D eigenvalue weighted by atomic mass is 35.5. The lowest BCUT2D eigenvalue weighted by Gasteiger charge is -2.08. The Kier molecular flexibility index (Phi) is 6.78. The van der Waals surface area contributed by atoms with Gasteiger partial charge in [-0.25, -0.2) is 22.0 Å². The quantitative estimate of drug-likeness (QED) is 0.365.